The summed E-state index contributed by atoms with van der Waals surface area (Å²) in [5.41, 5.74) is 7.70. The Labute approximate surface area is 117 Å². The molecule has 4 nitrogen and oxygen atoms in total. The molecule has 1 aromatic rings. The molecule has 4 heteroatoms. The van der Waals surface area contributed by atoms with Crippen molar-refractivity contribution in [1.29, 1.82) is 0 Å². The molecule has 19 heavy (non-hydrogen) atoms. The molecular weight excluding hydrogens is 236 g/mol. The van der Waals surface area contributed by atoms with Crippen LogP contribution in [-0.4, -0.2) is 39.9 Å². The van der Waals surface area contributed by atoms with Crippen LogP contribution in [0.3, 0.4) is 0 Å². The molecule has 0 atom stereocenters. The first-order valence-electron chi connectivity index (χ1n) is 7.64. The van der Waals surface area contributed by atoms with Crippen LogP contribution in [0.25, 0.3) is 0 Å². The summed E-state index contributed by atoms with van der Waals surface area (Å²) >= 11 is 0. The number of hydrogen-bond donors (Lipinski definition) is 1. The number of rotatable bonds is 6. The molecule has 0 unspecified atom stereocenters. The van der Waals surface area contributed by atoms with Gasteiger partial charge < -0.3 is 5.73 Å². The highest BCUT2D eigenvalue weighted by molar-refractivity contribution is 5.02. The van der Waals surface area contributed by atoms with Crippen molar-refractivity contribution in [2.45, 2.75) is 51.0 Å². The number of likely N-dealkylation sites (N-methyl/N-ethyl adjacent to an activating group) is 1. The number of aryl methyl sites for hydroxylation is 1. The molecule has 1 aromatic heterocycles. The molecule has 0 aromatic carbocycles. The molecule has 0 spiro atoms. The van der Waals surface area contributed by atoms with Gasteiger partial charge in [-0.25, -0.2) is 0 Å². The van der Waals surface area contributed by atoms with E-state index in [0.29, 0.717) is 0 Å². The van der Waals surface area contributed by atoms with Gasteiger partial charge in [-0.15, -0.1) is 0 Å². The highest BCUT2D eigenvalue weighted by Crippen LogP contribution is 2.32. The van der Waals surface area contributed by atoms with Crippen molar-refractivity contribution in [3.05, 3.63) is 18.0 Å². The molecule has 108 valence electrons. The molecular formula is C15H28N4. The van der Waals surface area contributed by atoms with Crippen molar-refractivity contribution in [2.75, 3.05) is 19.6 Å². The van der Waals surface area contributed by atoms with Crippen LogP contribution in [0.1, 0.15) is 44.7 Å². The van der Waals surface area contributed by atoms with Gasteiger partial charge in [0.25, 0.3) is 0 Å². The van der Waals surface area contributed by atoms with Crippen LogP contribution in [0.4, 0.5) is 0 Å². The van der Waals surface area contributed by atoms with Gasteiger partial charge in [0, 0.05) is 44.0 Å². The van der Waals surface area contributed by atoms with E-state index in [1.54, 1.807) is 0 Å². The Bertz CT molecular complexity index is 379. The van der Waals surface area contributed by atoms with Gasteiger partial charge in [-0.1, -0.05) is 26.2 Å². The van der Waals surface area contributed by atoms with E-state index >= 15 is 0 Å². The van der Waals surface area contributed by atoms with E-state index in [-0.39, 0.29) is 5.54 Å². The van der Waals surface area contributed by atoms with Crippen LogP contribution >= 0.6 is 0 Å². The van der Waals surface area contributed by atoms with Crippen LogP contribution in [0.15, 0.2) is 12.3 Å². The molecule has 0 radical (unpaired) electrons. The van der Waals surface area contributed by atoms with E-state index in [0.717, 1.165) is 26.1 Å². The third-order valence-corrected chi connectivity index (χ3v) is 4.78. The summed E-state index contributed by atoms with van der Waals surface area (Å²) < 4.78 is 1.98. The minimum atomic E-state index is 0.256. The zero-order valence-corrected chi connectivity index (χ0v) is 12.4. The second kappa shape index (κ2) is 6.53. The van der Waals surface area contributed by atoms with Crippen molar-refractivity contribution < 1.29 is 0 Å². The fourth-order valence-corrected chi connectivity index (χ4v) is 3.49. The maximum atomic E-state index is 6.13. The molecule has 0 aliphatic heterocycles. The Morgan fingerprint density at radius 3 is 2.63 bits per heavy atom. The average Bonchev–Trinajstić information content (AvgIpc) is 2.86. The summed E-state index contributed by atoms with van der Waals surface area (Å²) in [6, 6.07) is 2.11. The largest absolute Gasteiger partial charge is 0.329 e. The third-order valence-electron chi connectivity index (χ3n) is 4.78. The normalized spacial score (nSPS) is 18.9. The van der Waals surface area contributed by atoms with E-state index in [1.165, 1.54) is 37.8 Å². The Kier molecular flexibility index (Phi) is 4.99. The second-order valence-electron chi connectivity index (χ2n) is 5.76. The fourth-order valence-electron chi connectivity index (χ4n) is 3.49. The Morgan fingerprint density at radius 2 is 2.11 bits per heavy atom. The molecule has 1 heterocycles. The Morgan fingerprint density at radius 1 is 1.37 bits per heavy atom. The van der Waals surface area contributed by atoms with Crippen molar-refractivity contribution in [2.24, 2.45) is 12.8 Å². The first-order chi connectivity index (χ1) is 9.22. The highest BCUT2D eigenvalue weighted by atomic mass is 15.3. The Hall–Kier alpha value is -0.870. The van der Waals surface area contributed by atoms with E-state index in [4.69, 9.17) is 5.73 Å². The monoisotopic (exact) mass is 264 g/mol. The number of nitrogens with zero attached hydrogens (tertiary/aromatic N) is 3. The smallest absolute Gasteiger partial charge is 0.0492 e. The lowest BCUT2D eigenvalue weighted by molar-refractivity contribution is 0.0625. The van der Waals surface area contributed by atoms with Crippen molar-refractivity contribution in [3.63, 3.8) is 0 Å². The summed E-state index contributed by atoms with van der Waals surface area (Å²) in [4.78, 5) is 2.61. The molecule has 0 bridgehead atoms. The number of aromatic nitrogens is 2. The summed E-state index contributed by atoms with van der Waals surface area (Å²) in [6.45, 7) is 5.24. The minimum absolute atomic E-state index is 0.256. The van der Waals surface area contributed by atoms with Gasteiger partial charge in [-0.05, 0) is 25.5 Å². The maximum Gasteiger partial charge on any atom is 0.0492 e. The molecule has 2 rings (SSSR count). The van der Waals surface area contributed by atoms with E-state index in [9.17, 15) is 0 Å². The highest BCUT2D eigenvalue weighted by Gasteiger charge is 2.35. The number of nitrogens with two attached hydrogens (primary N) is 1. The predicted octanol–water partition coefficient (Wildman–Crippen LogP) is 1.95. The SMILES string of the molecule is CCN(CCc1ccnn1C)C1(CN)CCCCC1. The van der Waals surface area contributed by atoms with Crippen LogP contribution in [0.2, 0.25) is 0 Å². The van der Waals surface area contributed by atoms with Gasteiger partial charge in [-0.2, -0.15) is 5.10 Å². The fraction of sp³-hybridized carbons (Fsp3) is 0.800. The molecule has 1 aliphatic rings. The van der Waals surface area contributed by atoms with Gasteiger partial charge in [0.1, 0.15) is 0 Å². The van der Waals surface area contributed by atoms with Crippen molar-refractivity contribution in [3.8, 4) is 0 Å². The van der Waals surface area contributed by atoms with Gasteiger partial charge in [0.05, 0.1) is 0 Å². The minimum Gasteiger partial charge on any atom is -0.329 e. The third kappa shape index (κ3) is 3.18. The second-order valence-corrected chi connectivity index (χ2v) is 5.76. The lowest BCUT2D eigenvalue weighted by Gasteiger charge is -2.45. The van der Waals surface area contributed by atoms with Gasteiger partial charge in [0.2, 0.25) is 0 Å². The van der Waals surface area contributed by atoms with Crippen molar-refractivity contribution in [1.82, 2.24) is 14.7 Å². The van der Waals surface area contributed by atoms with E-state index < -0.39 is 0 Å². The van der Waals surface area contributed by atoms with Crippen LogP contribution in [0.5, 0.6) is 0 Å². The quantitative estimate of drug-likeness (QED) is 0.854. The van der Waals surface area contributed by atoms with Crippen molar-refractivity contribution >= 4 is 0 Å². The molecule has 0 saturated heterocycles. The Balaban J connectivity index is 2.00. The summed E-state index contributed by atoms with van der Waals surface area (Å²) in [5, 5.41) is 4.24. The van der Waals surface area contributed by atoms with Gasteiger partial charge in [-0.3, -0.25) is 9.58 Å². The summed E-state index contributed by atoms with van der Waals surface area (Å²) in [5.74, 6) is 0. The van der Waals surface area contributed by atoms with Crippen LogP contribution in [-0.2, 0) is 13.5 Å². The molecule has 1 fully saturated rings. The first kappa shape index (κ1) is 14.5. The standard InChI is InChI=1S/C15H28N4/c1-3-19(12-8-14-7-11-17-18(14)2)15(13-16)9-5-4-6-10-15/h7,11H,3-6,8-10,12-13,16H2,1-2H3. The zero-order valence-electron chi connectivity index (χ0n) is 12.4. The van der Waals surface area contributed by atoms with Crippen LogP contribution < -0.4 is 5.73 Å². The number of hydrogen-bond acceptors (Lipinski definition) is 3. The lowest BCUT2D eigenvalue weighted by atomic mass is 9.80. The molecule has 1 saturated carbocycles. The molecule has 1 aliphatic carbocycles. The maximum absolute atomic E-state index is 6.13. The van der Waals surface area contributed by atoms with E-state index in [2.05, 4.69) is 23.0 Å². The molecule has 2 N–H and O–H groups in total. The van der Waals surface area contributed by atoms with Gasteiger partial charge in [0.15, 0.2) is 0 Å². The topological polar surface area (TPSA) is 47.1 Å². The molecule has 0 amide bonds. The predicted molar refractivity (Wildman–Crippen MR) is 79.0 cm³/mol. The lowest BCUT2D eigenvalue weighted by Crippen LogP contribution is -2.55. The van der Waals surface area contributed by atoms with Gasteiger partial charge >= 0.3 is 0 Å². The van der Waals surface area contributed by atoms with E-state index in [1.807, 2.05) is 17.9 Å². The summed E-state index contributed by atoms with van der Waals surface area (Å²) in [7, 11) is 2.02. The van der Waals surface area contributed by atoms with Crippen LogP contribution in [0, 0.1) is 0 Å². The zero-order chi connectivity index (χ0) is 13.7. The summed E-state index contributed by atoms with van der Waals surface area (Å²) in [6.07, 6.45) is 9.52. The first-order valence-corrected chi connectivity index (χ1v) is 7.64. The average molecular weight is 264 g/mol.